The molecule has 3 heteroatoms. The fourth-order valence-electron chi connectivity index (χ4n) is 1.30. The van der Waals surface area contributed by atoms with Gasteiger partial charge >= 0.3 is 5.91 Å². The third-order valence-electron chi connectivity index (χ3n) is 1.81. The lowest BCUT2D eigenvalue weighted by Crippen LogP contribution is -2.77. The van der Waals surface area contributed by atoms with E-state index < -0.39 is 0 Å². The van der Waals surface area contributed by atoms with Crippen LogP contribution in [-0.4, -0.2) is 17.4 Å². The monoisotopic (exact) mass is 178 g/mol. The fraction of sp³-hybridized carbons (Fsp3) is 0.300. The van der Waals surface area contributed by atoms with Gasteiger partial charge in [-0.25, -0.2) is 4.79 Å². The summed E-state index contributed by atoms with van der Waals surface area (Å²) >= 11 is 0. The second-order valence-corrected chi connectivity index (χ2v) is 3.11. The highest BCUT2D eigenvalue weighted by molar-refractivity contribution is 6.20. The molecule has 0 spiro atoms. The van der Waals surface area contributed by atoms with Crippen molar-refractivity contribution in [1.29, 1.82) is 0 Å². The largest absolute Gasteiger partial charge is 0.382 e. The van der Waals surface area contributed by atoms with E-state index in [9.17, 15) is 9.59 Å². The Hall–Kier alpha value is -1.51. The van der Waals surface area contributed by atoms with Gasteiger partial charge in [-0.3, -0.25) is 4.79 Å². The Kier molecular flexibility index (Phi) is 2.56. The molecule has 3 nitrogen and oxygen atoms in total. The number of allylic oxidation sites excluding steroid dienone is 4. The van der Waals surface area contributed by atoms with E-state index in [2.05, 4.69) is 4.99 Å². The molecule has 0 radical (unpaired) electrons. The lowest BCUT2D eigenvalue weighted by atomic mass is 9.97. The first-order valence-corrected chi connectivity index (χ1v) is 4.06. The Balaban J connectivity index is 3.12. The molecule has 13 heavy (non-hydrogen) atoms. The van der Waals surface area contributed by atoms with Crippen molar-refractivity contribution < 1.29 is 14.6 Å². The molecule has 1 rings (SSSR count). The van der Waals surface area contributed by atoms with Crippen molar-refractivity contribution in [2.75, 3.05) is 0 Å². The average molecular weight is 178 g/mol. The molecule has 0 unspecified atom stereocenters. The SMILES string of the molecule is CC(=O)[NH+]=C1C(C)=CC(=O)C=C1C. The number of nitrogens with one attached hydrogen (secondary N) is 1. The molecule has 1 aliphatic rings. The van der Waals surface area contributed by atoms with E-state index in [0.717, 1.165) is 16.9 Å². The molecule has 0 atom stereocenters. The van der Waals surface area contributed by atoms with Crippen molar-refractivity contribution in [3.05, 3.63) is 23.3 Å². The zero-order valence-corrected chi connectivity index (χ0v) is 7.97. The fourth-order valence-corrected chi connectivity index (χ4v) is 1.30. The molecule has 0 bridgehead atoms. The normalized spacial score (nSPS) is 16.5. The molecule has 1 N–H and O–H groups in total. The maximum absolute atomic E-state index is 11.0. The minimum Gasteiger partial charge on any atom is -0.290 e. The van der Waals surface area contributed by atoms with Gasteiger partial charge < -0.3 is 0 Å². The van der Waals surface area contributed by atoms with Crippen molar-refractivity contribution in [1.82, 2.24) is 0 Å². The van der Waals surface area contributed by atoms with Crippen molar-refractivity contribution in [3.8, 4) is 0 Å². The molecule has 0 aliphatic heterocycles. The summed E-state index contributed by atoms with van der Waals surface area (Å²) in [5.74, 6) is -0.144. The first-order valence-electron chi connectivity index (χ1n) is 4.06. The van der Waals surface area contributed by atoms with Crippen molar-refractivity contribution >= 4 is 17.4 Å². The van der Waals surface area contributed by atoms with Crippen LogP contribution in [0.5, 0.6) is 0 Å². The number of hydrogen-bond acceptors (Lipinski definition) is 2. The quantitative estimate of drug-likeness (QED) is 0.510. The van der Waals surface area contributed by atoms with Gasteiger partial charge in [0.05, 0.1) is 6.92 Å². The third-order valence-corrected chi connectivity index (χ3v) is 1.81. The molecular weight excluding hydrogens is 166 g/mol. The first kappa shape index (κ1) is 9.58. The summed E-state index contributed by atoms with van der Waals surface area (Å²) in [6, 6.07) is 0. The van der Waals surface area contributed by atoms with Crippen LogP contribution in [0.4, 0.5) is 0 Å². The van der Waals surface area contributed by atoms with Crippen molar-refractivity contribution in [3.63, 3.8) is 0 Å². The Morgan fingerprint density at radius 2 is 1.69 bits per heavy atom. The van der Waals surface area contributed by atoms with Gasteiger partial charge in [0.2, 0.25) is 5.71 Å². The summed E-state index contributed by atoms with van der Waals surface area (Å²) in [4.78, 5) is 24.5. The highest BCUT2D eigenvalue weighted by Crippen LogP contribution is 2.09. The number of hydrogen-bond donors (Lipinski definition) is 1. The number of carbonyl (C=O) groups is 2. The Labute approximate surface area is 76.9 Å². The number of amides is 1. The van der Waals surface area contributed by atoms with Crippen LogP contribution in [0.2, 0.25) is 0 Å². The summed E-state index contributed by atoms with van der Waals surface area (Å²) < 4.78 is 0. The lowest BCUT2D eigenvalue weighted by Gasteiger charge is -2.04. The molecule has 0 heterocycles. The van der Waals surface area contributed by atoms with Gasteiger partial charge in [0.1, 0.15) is 0 Å². The minimum atomic E-state index is -0.121. The second-order valence-electron chi connectivity index (χ2n) is 3.11. The minimum absolute atomic E-state index is 0.0240. The van der Waals surface area contributed by atoms with E-state index in [1.54, 1.807) is 13.8 Å². The van der Waals surface area contributed by atoms with E-state index in [1.807, 2.05) is 0 Å². The van der Waals surface area contributed by atoms with Crippen molar-refractivity contribution in [2.45, 2.75) is 20.8 Å². The zero-order valence-electron chi connectivity index (χ0n) is 7.97. The standard InChI is InChI=1S/C10H11NO2/c1-6-4-9(13)5-7(2)10(6)11-8(3)12/h4-5H,1-3H3/p+1. The molecule has 0 aromatic heterocycles. The van der Waals surface area contributed by atoms with E-state index in [1.165, 1.54) is 19.1 Å². The molecule has 1 amide bonds. The summed E-state index contributed by atoms with van der Waals surface area (Å²) in [6.07, 6.45) is 3.02. The Morgan fingerprint density at radius 1 is 1.23 bits per heavy atom. The topological polar surface area (TPSA) is 48.1 Å². The average Bonchev–Trinajstić information content (AvgIpc) is 1.96. The van der Waals surface area contributed by atoms with Gasteiger partial charge in [-0.2, -0.15) is 4.99 Å². The summed E-state index contributed by atoms with van der Waals surface area (Å²) in [5, 5.41) is 0. The Bertz CT molecular complexity index is 335. The molecule has 0 saturated carbocycles. The van der Waals surface area contributed by atoms with Gasteiger partial charge in [-0.1, -0.05) is 0 Å². The number of carbonyl (C=O) groups excluding carboxylic acids is 2. The number of rotatable bonds is 0. The van der Waals surface area contributed by atoms with Crippen molar-refractivity contribution in [2.24, 2.45) is 0 Å². The van der Waals surface area contributed by atoms with Crippen LogP contribution >= 0.6 is 0 Å². The van der Waals surface area contributed by atoms with Gasteiger partial charge in [0.25, 0.3) is 0 Å². The summed E-state index contributed by atoms with van der Waals surface area (Å²) in [7, 11) is 0. The second kappa shape index (κ2) is 3.47. The maximum Gasteiger partial charge on any atom is 0.382 e. The number of ketones is 1. The van der Waals surface area contributed by atoms with Gasteiger partial charge in [-0.15, -0.1) is 0 Å². The van der Waals surface area contributed by atoms with E-state index in [4.69, 9.17) is 0 Å². The lowest BCUT2D eigenvalue weighted by molar-refractivity contribution is -0.374. The highest BCUT2D eigenvalue weighted by Gasteiger charge is 2.18. The van der Waals surface area contributed by atoms with Gasteiger partial charge in [0, 0.05) is 11.1 Å². The predicted molar refractivity (Wildman–Crippen MR) is 49.2 cm³/mol. The first-order chi connectivity index (χ1) is 6.00. The van der Waals surface area contributed by atoms with Crippen LogP contribution < -0.4 is 4.99 Å². The van der Waals surface area contributed by atoms with Gasteiger partial charge in [0.15, 0.2) is 5.78 Å². The van der Waals surface area contributed by atoms with Crippen LogP contribution in [0.25, 0.3) is 0 Å². The smallest absolute Gasteiger partial charge is 0.290 e. The van der Waals surface area contributed by atoms with Crippen LogP contribution in [0.15, 0.2) is 23.3 Å². The molecule has 0 fully saturated rings. The van der Waals surface area contributed by atoms with Crippen LogP contribution in [0.3, 0.4) is 0 Å². The molecular formula is C10H12NO2+. The molecule has 1 aliphatic carbocycles. The predicted octanol–water partition coefficient (Wildman–Crippen LogP) is -0.470. The molecule has 0 aromatic rings. The molecule has 68 valence electrons. The third kappa shape index (κ3) is 2.21. The summed E-state index contributed by atoms with van der Waals surface area (Å²) in [5.41, 5.74) is 2.35. The molecule has 0 aromatic carbocycles. The van der Waals surface area contributed by atoms with Gasteiger partial charge in [-0.05, 0) is 26.0 Å². The van der Waals surface area contributed by atoms with Crippen LogP contribution in [0.1, 0.15) is 20.8 Å². The zero-order chi connectivity index (χ0) is 10.0. The van der Waals surface area contributed by atoms with Crippen LogP contribution in [0, 0.1) is 0 Å². The van der Waals surface area contributed by atoms with E-state index in [-0.39, 0.29) is 11.7 Å². The van der Waals surface area contributed by atoms with E-state index in [0.29, 0.717) is 0 Å². The highest BCUT2D eigenvalue weighted by atomic mass is 16.1. The van der Waals surface area contributed by atoms with E-state index >= 15 is 0 Å². The Morgan fingerprint density at radius 3 is 2.08 bits per heavy atom. The van der Waals surface area contributed by atoms with Crippen LogP contribution in [-0.2, 0) is 9.59 Å². The summed E-state index contributed by atoms with van der Waals surface area (Å²) in [6.45, 7) is 5.06. The maximum atomic E-state index is 11.0. The molecule has 0 saturated heterocycles.